The average molecular weight is 256 g/mol. The van der Waals surface area contributed by atoms with Gasteiger partial charge in [-0.2, -0.15) is 16.4 Å². The zero-order valence-electron chi connectivity index (χ0n) is 9.84. The molecule has 0 amide bonds. The van der Waals surface area contributed by atoms with E-state index in [0.717, 1.165) is 22.5 Å². The number of nitrogens with one attached hydrogen (secondary N) is 1. The Labute approximate surface area is 109 Å². The van der Waals surface area contributed by atoms with Crippen LogP contribution in [0.4, 0.5) is 5.82 Å². The fourth-order valence-electron chi connectivity index (χ4n) is 1.94. The highest BCUT2D eigenvalue weighted by Crippen LogP contribution is 2.36. The van der Waals surface area contributed by atoms with Crippen LogP contribution in [0.3, 0.4) is 0 Å². The second-order valence-electron chi connectivity index (χ2n) is 4.04. The molecule has 90 valence electrons. The standard InChI is InChI=1S/C13H12N4S/c1-8-6-18-7-9(8)12-11(13(14)17-16-12)10-4-2-3-5-15-10/h2-7H,1H3,(H3,14,16,17). The molecule has 0 saturated heterocycles. The molecule has 3 rings (SSSR count). The molecule has 5 heteroatoms. The van der Waals surface area contributed by atoms with Gasteiger partial charge in [0.1, 0.15) is 0 Å². The molecule has 18 heavy (non-hydrogen) atoms. The Bertz CT molecular complexity index is 669. The molecule has 0 aliphatic rings. The molecule has 0 bridgehead atoms. The van der Waals surface area contributed by atoms with Crippen molar-refractivity contribution < 1.29 is 0 Å². The number of pyridine rings is 1. The monoisotopic (exact) mass is 256 g/mol. The van der Waals surface area contributed by atoms with Gasteiger partial charge in [-0.1, -0.05) is 6.07 Å². The van der Waals surface area contributed by atoms with Crippen LogP contribution in [-0.2, 0) is 0 Å². The van der Waals surface area contributed by atoms with Crippen molar-refractivity contribution in [2.24, 2.45) is 0 Å². The van der Waals surface area contributed by atoms with Crippen molar-refractivity contribution in [1.82, 2.24) is 15.2 Å². The van der Waals surface area contributed by atoms with Gasteiger partial charge in [0.25, 0.3) is 0 Å². The summed E-state index contributed by atoms with van der Waals surface area (Å²) in [6.07, 6.45) is 1.76. The summed E-state index contributed by atoms with van der Waals surface area (Å²) in [5, 5.41) is 11.3. The molecule has 3 heterocycles. The van der Waals surface area contributed by atoms with Gasteiger partial charge in [0, 0.05) is 17.1 Å². The van der Waals surface area contributed by atoms with E-state index in [1.807, 2.05) is 18.2 Å². The number of hydrogen-bond donors (Lipinski definition) is 2. The number of anilines is 1. The Morgan fingerprint density at radius 1 is 1.28 bits per heavy atom. The van der Waals surface area contributed by atoms with E-state index in [9.17, 15) is 0 Å². The highest BCUT2D eigenvalue weighted by Gasteiger charge is 2.17. The van der Waals surface area contributed by atoms with E-state index in [1.54, 1.807) is 17.5 Å². The second kappa shape index (κ2) is 4.27. The number of aromatic amines is 1. The number of hydrogen-bond acceptors (Lipinski definition) is 4. The first-order chi connectivity index (χ1) is 8.77. The van der Waals surface area contributed by atoms with Crippen LogP contribution in [-0.4, -0.2) is 15.2 Å². The summed E-state index contributed by atoms with van der Waals surface area (Å²) in [6, 6.07) is 5.76. The maximum Gasteiger partial charge on any atom is 0.155 e. The van der Waals surface area contributed by atoms with Crippen LogP contribution in [0.2, 0.25) is 0 Å². The molecule has 0 atom stereocenters. The van der Waals surface area contributed by atoms with Crippen molar-refractivity contribution >= 4 is 17.2 Å². The van der Waals surface area contributed by atoms with Crippen LogP contribution in [0.1, 0.15) is 5.56 Å². The van der Waals surface area contributed by atoms with Crippen LogP contribution < -0.4 is 5.73 Å². The van der Waals surface area contributed by atoms with Crippen LogP contribution in [0.15, 0.2) is 35.2 Å². The third-order valence-electron chi connectivity index (χ3n) is 2.84. The maximum absolute atomic E-state index is 5.95. The Balaban J connectivity index is 2.22. The minimum Gasteiger partial charge on any atom is -0.382 e. The molecule has 4 nitrogen and oxygen atoms in total. The summed E-state index contributed by atoms with van der Waals surface area (Å²) in [5.41, 5.74) is 10.9. The number of rotatable bonds is 2. The van der Waals surface area contributed by atoms with E-state index in [2.05, 4.69) is 32.9 Å². The largest absolute Gasteiger partial charge is 0.382 e. The van der Waals surface area contributed by atoms with Gasteiger partial charge in [-0.15, -0.1) is 0 Å². The zero-order chi connectivity index (χ0) is 12.5. The van der Waals surface area contributed by atoms with E-state index in [-0.39, 0.29) is 0 Å². The third kappa shape index (κ3) is 1.69. The Morgan fingerprint density at radius 3 is 2.83 bits per heavy atom. The number of nitrogens with zero attached hydrogens (tertiary/aromatic N) is 2. The normalized spacial score (nSPS) is 10.7. The first kappa shape index (κ1) is 11.0. The van der Waals surface area contributed by atoms with Gasteiger partial charge in [0.15, 0.2) is 5.82 Å². The van der Waals surface area contributed by atoms with E-state index >= 15 is 0 Å². The lowest BCUT2D eigenvalue weighted by molar-refractivity contribution is 1.10. The number of aromatic nitrogens is 3. The quantitative estimate of drug-likeness (QED) is 0.740. The highest BCUT2D eigenvalue weighted by atomic mass is 32.1. The summed E-state index contributed by atoms with van der Waals surface area (Å²) in [5.74, 6) is 0.481. The number of nitrogens with two attached hydrogens (primary N) is 1. The molecule has 3 aromatic heterocycles. The summed E-state index contributed by atoms with van der Waals surface area (Å²) >= 11 is 1.67. The molecule has 0 saturated carbocycles. The van der Waals surface area contributed by atoms with Crippen LogP contribution in [0.5, 0.6) is 0 Å². The summed E-state index contributed by atoms with van der Waals surface area (Å²) in [6.45, 7) is 2.07. The van der Waals surface area contributed by atoms with Gasteiger partial charge in [0.2, 0.25) is 0 Å². The van der Waals surface area contributed by atoms with Gasteiger partial charge in [-0.25, -0.2) is 0 Å². The Morgan fingerprint density at radius 2 is 2.17 bits per heavy atom. The lowest BCUT2D eigenvalue weighted by atomic mass is 10.0. The first-order valence-corrected chi connectivity index (χ1v) is 6.50. The van der Waals surface area contributed by atoms with Gasteiger partial charge < -0.3 is 5.73 Å². The second-order valence-corrected chi connectivity index (χ2v) is 4.79. The molecule has 0 unspecified atom stereocenters. The lowest BCUT2D eigenvalue weighted by Gasteiger charge is -2.03. The smallest absolute Gasteiger partial charge is 0.155 e. The predicted octanol–water partition coefficient (Wildman–Crippen LogP) is 3.09. The summed E-state index contributed by atoms with van der Waals surface area (Å²) in [4.78, 5) is 4.35. The molecule has 0 aliphatic carbocycles. The van der Waals surface area contributed by atoms with E-state index in [4.69, 9.17) is 5.73 Å². The number of aryl methyl sites for hydroxylation is 1. The van der Waals surface area contributed by atoms with Gasteiger partial charge in [-0.3, -0.25) is 10.1 Å². The van der Waals surface area contributed by atoms with Gasteiger partial charge >= 0.3 is 0 Å². The molecular weight excluding hydrogens is 244 g/mol. The summed E-state index contributed by atoms with van der Waals surface area (Å²) < 4.78 is 0. The third-order valence-corrected chi connectivity index (χ3v) is 3.70. The zero-order valence-corrected chi connectivity index (χ0v) is 10.7. The molecule has 0 spiro atoms. The summed E-state index contributed by atoms with van der Waals surface area (Å²) in [7, 11) is 0. The van der Waals surface area contributed by atoms with Gasteiger partial charge in [-0.05, 0) is 30.0 Å². The molecule has 0 aromatic carbocycles. The topological polar surface area (TPSA) is 67.6 Å². The lowest BCUT2D eigenvalue weighted by Crippen LogP contribution is -1.90. The van der Waals surface area contributed by atoms with Crippen molar-refractivity contribution in [2.75, 3.05) is 5.73 Å². The average Bonchev–Trinajstić information content (AvgIpc) is 2.96. The minimum atomic E-state index is 0.481. The van der Waals surface area contributed by atoms with Crippen molar-refractivity contribution in [2.45, 2.75) is 6.92 Å². The number of nitrogen functional groups attached to an aromatic ring is 1. The number of thiophene rings is 1. The van der Waals surface area contributed by atoms with Crippen molar-refractivity contribution in [3.8, 4) is 22.5 Å². The predicted molar refractivity (Wildman–Crippen MR) is 74.3 cm³/mol. The fourth-order valence-corrected chi connectivity index (χ4v) is 2.78. The van der Waals surface area contributed by atoms with Crippen LogP contribution >= 0.6 is 11.3 Å². The molecular formula is C13H12N4S. The van der Waals surface area contributed by atoms with Crippen molar-refractivity contribution in [3.05, 3.63) is 40.7 Å². The number of H-pyrrole nitrogens is 1. The highest BCUT2D eigenvalue weighted by molar-refractivity contribution is 7.08. The van der Waals surface area contributed by atoms with E-state index < -0.39 is 0 Å². The maximum atomic E-state index is 5.95. The molecule has 3 aromatic rings. The van der Waals surface area contributed by atoms with Crippen molar-refractivity contribution in [1.29, 1.82) is 0 Å². The first-order valence-electron chi connectivity index (χ1n) is 5.56. The molecule has 3 N–H and O–H groups in total. The van der Waals surface area contributed by atoms with Crippen LogP contribution in [0, 0.1) is 6.92 Å². The van der Waals surface area contributed by atoms with Gasteiger partial charge in [0.05, 0.1) is 17.0 Å². The Kier molecular flexibility index (Phi) is 2.60. The molecule has 0 radical (unpaired) electrons. The van der Waals surface area contributed by atoms with E-state index in [0.29, 0.717) is 5.82 Å². The molecule has 0 aliphatic heterocycles. The van der Waals surface area contributed by atoms with Crippen molar-refractivity contribution in [3.63, 3.8) is 0 Å². The molecule has 0 fully saturated rings. The Hall–Kier alpha value is -2.14. The SMILES string of the molecule is Cc1cscc1-c1[nH]nc(N)c1-c1ccccn1. The van der Waals surface area contributed by atoms with Crippen LogP contribution in [0.25, 0.3) is 22.5 Å². The van der Waals surface area contributed by atoms with E-state index in [1.165, 1.54) is 5.56 Å². The fraction of sp³-hybridized carbons (Fsp3) is 0.0769. The minimum absolute atomic E-state index is 0.481.